The van der Waals surface area contributed by atoms with Crippen LogP contribution in [0.4, 0.5) is 0 Å². The van der Waals surface area contributed by atoms with E-state index in [1.807, 2.05) is 12.2 Å². The van der Waals surface area contributed by atoms with Gasteiger partial charge in [0.15, 0.2) is 12.4 Å². The second-order valence-corrected chi connectivity index (χ2v) is 18.1. The van der Waals surface area contributed by atoms with Gasteiger partial charge in [-0.1, -0.05) is 231 Å². The molecule has 1 heterocycles. The lowest BCUT2D eigenvalue weighted by atomic mass is 9.99. The first-order valence-corrected chi connectivity index (χ1v) is 26.0. The first-order chi connectivity index (χ1) is 30.3. The number of hydrogen-bond donors (Lipinski definition) is 4. The average molecular weight is 881 g/mol. The highest BCUT2D eigenvalue weighted by Crippen LogP contribution is 2.23. The van der Waals surface area contributed by atoms with Gasteiger partial charge in [0.2, 0.25) is 0 Å². The molecule has 1 rings (SSSR count). The number of hydrogen-bond acceptors (Lipinski definition) is 10. The van der Waals surface area contributed by atoms with Crippen molar-refractivity contribution < 1.29 is 49.0 Å². The largest absolute Gasteiger partial charge is 0.462 e. The van der Waals surface area contributed by atoms with Crippen LogP contribution in [-0.4, -0.2) is 89.0 Å². The molecule has 1 fully saturated rings. The minimum Gasteiger partial charge on any atom is -0.462 e. The second kappa shape index (κ2) is 43.1. The third-order valence-electron chi connectivity index (χ3n) is 12.2. The van der Waals surface area contributed by atoms with Gasteiger partial charge in [-0.2, -0.15) is 0 Å². The van der Waals surface area contributed by atoms with Crippen LogP contribution in [0, 0.1) is 0 Å². The van der Waals surface area contributed by atoms with E-state index in [1.54, 1.807) is 6.08 Å². The molecule has 4 N–H and O–H groups in total. The molecule has 0 aromatic rings. The minimum atomic E-state index is -1.61. The van der Waals surface area contributed by atoms with Crippen LogP contribution in [0.15, 0.2) is 24.3 Å². The molecule has 0 aromatic heterocycles. The van der Waals surface area contributed by atoms with Gasteiger partial charge >= 0.3 is 11.9 Å². The van der Waals surface area contributed by atoms with Crippen LogP contribution in [-0.2, 0) is 28.5 Å². The van der Waals surface area contributed by atoms with Gasteiger partial charge in [-0.15, -0.1) is 0 Å². The van der Waals surface area contributed by atoms with Crippen molar-refractivity contribution in [3.63, 3.8) is 0 Å². The first-order valence-electron chi connectivity index (χ1n) is 26.0. The van der Waals surface area contributed by atoms with Gasteiger partial charge in [0.1, 0.15) is 31.0 Å². The summed E-state index contributed by atoms with van der Waals surface area (Å²) in [5, 5.41) is 40.1. The Bertz CT molecular complexity index is 1060. The Balaban J connectivity index is 2.26. The Morgan fingerprint density at radius 1 is 0.532 bits per heavy atom. The molecule has 10 nitrogen and oxygen atoms in total. The fraction of sp³-hybridized carbons (Fsp3) is 0.885. The standard InChI is InChI=1S/C52H96O10/c1-3-5-7-9-11-13-15-17-19-20-21-22-23-24-25-27-28-30-32-34-36-38-40-47(54)59-43-45(44-60-52-51(58)50(57)49(56)46(42-53)62-52)61-48(55)41-39-37-35-33-31-29-26-18-16-14-12-10-8-6-4-2/h35,37,39,41,45-46,49-53,56-58H,3-34,36,38,40,42-44H2,1-2H3/b37-35+,41-39+/t45-,46-,49+,50?,51?,52-/m0/s1. The SMILES string of the molecule is CCCCCCCCCCCCC/C=C/C=C/C(=O)O[C@@H](COC(=O)CCCCCCCCCCCCCCCCCCCCCCCC)CO[C@H]1O[C@@H](CO)[C@@H](O)C(O)C1O. The molecule has 6 atom stereocenters. The van der Waals surface area contributed by atoms with Crippen LogP contribution < -0.4 is 0 Å². The summed E-state index contributed by atoms with van der Waals surface area (Å²) in [5.74, 6) is -1.05. The molecule has 1 aliphatic rings. The van der Waals surface area contributed by atoms with E-state index in [1.165, 1.54) is 192 Å². The third kappa shape index (κ3) is 33.7. The average Bonchev–Trinajstić information content (AvgIpc) is 3.27. The molecule has 62 heavy (non-hydrogen) atoms. The number of ether oxygens (including phenoxy) is 4. The van der Waals surface area contributed by atoms with E-state index in [0.29, 0.717) is 0 Å². The number of unbranched alkanes of at least 4 members (excludes halogenated alkanes) is 32. The predicted octanol–water partition coefficient (Wildman–Crippen LogP) is 12.1. The number of carbonyl (C=O) groups is 2. The monoisotopic (exact) mass is 881 g/mol. The van der Waals surface area contributed by atoms with Crippen LogP contribution in [0.2, 0.25) is 0 Å². The van der Waals surface area contributed by atoms with Crippen molar-refractivity contribution in [3.05, 3.63) is 24.3 Å². The van der Waals surface area contributed by atoms with E-state index in [2.05, 4.69) is 13.8 Å². The third-order valence-corrected chi connectivity index (χ3v) is 12.2. The van der Waals surface area contributed by atoms with Gasteiger partial charge in [-0.05, 0) is 19.3 Å². The molecule has 0 spiro atoms. The summed E-state index contributed by atoms with van der Waals surface area (Å²) in [6.45, 7) is 3.35. The van der Waals surface area contributed by atoms with E-state index < -0.39 is 55.4 Å². The van der Waals surface area contributed by atoms with Gasteiger partial charge in [-0.3, -0.25) is 4.79 Å². The van der Waals surface area contributed by atoms with Gasteiger partial charge < -0.3 is 39.4 Å². The number of rotatable bonds is 44. The van der Waals surface area contributed by atoms with E-state index >= 15 is 0 Å². The molecule has 0 aromatic carbocycles. The summed E-state index contributed by atoms with van der Waals surface area (Å²) < 4.78 is 22.0. The van der Waals surface area contributed by atoms with E-state index in [9.17, 15) is 30.0 Å². The molecule has 10 heteroatoms. The predicted molar refractivity (Wildman–Crippen MR) is 252 cm³/mol. The highest BCUT2D eigenvalue weighted by molar-refractivity contribution is 5.82. The van der Waals surface area contributed by atoms with Crippen LogP contribution in [0.25, 0.3) is 0 Å². The summed E-state index contributed by atoms with van der Waals surface area (Å²) in [6.07, 6.45) is 42.5. The van der Waals surface area contributed by atoms with Gasteiger partial charge in [-0.25, -0.2) is 4.79 Å². The van der Waals surface area contributed by atoms with Gasteiger partial charge in [0.25, 0.3) is 0 Å². The minimum absolute atomic E-state index is 0.260. The molecule has 0 amide bonds. The maximum Gasteiger partial charge on any atom is 0.331 e. The van der Waals surface area contributed by atoms with Crippen molar-refractivity contribution in [2.24, 2.45) is 0 Å². The number of aliphatic hydroxyl groups is 4. The molecule has 1 aliphatic heterocycles. The Morgan fingerprint density at radius 3 is 1.39 bits per heavy atom. The van der Waals surface area contributed by atoms with Crippen molar-refractivity contribution in [1.82, 2.24) is 0 Å². The van der Waals surface area contributed by atoms with Crippen LogP contribution >= 0.6 is 0 Å². The van der Waals surface area contributed by atoms with E-state index in [4.69, 9.17) is 18.9 Å². The van der Waals surface area contributed by atoms with E-state index in [-0.39, 0.29) is 19.6 Å². The normalized spacial score (nSPS) is 19.7. The molecular formula is C52H96O10. The molecule has 0 radical (unpaired) electrons. The topological polar surface area (TPSA) is 152 Å². The number of carbonyl (C=O) groups excluding carboxylic acids is 2. The Morgan fingerprint density at radius 2 is 0.952 bits per heavy atom. The summed E-state index contributed by atoms with van der Waals surface area (Å²) in [7, 11) is 0. The smallest absolute Gasteiger partial charge is 0.331 e. The zero-order chi connectivity index (χ0) is 45.1. The maximum absolute atomic E-state index is 12.7. The Kier molecular flexibility index (Phi) is 40.4. The van der Waals surface area contributed by atoms with E-state index in [0.717, 1.165) is 32.1 Å². The zero-order valence-electron chi connectivity index (χ0n) is 39.9. The molecule has 0 saturated carbocycles. The van der Waals surface area contributed by atoms with Crippen molar-refractivity contribution in [2.45, 2.75) is 275 Å². The van der Waals surface area contributed by atoms with Gasteiger partial charge in [0.05, 0.1) is 13.2 Å². The summed E-state index contributed by atoms with van der Waals surface area (Å²) in [6, 6.07) is 0. The summed E-state index contributed by atoms with van der Waals surface area (Å²) >= 11 is 0. The van der Waals surface area contributed by atoms with Crippen LogP contribution in [0.5, 0.6) is 0 Å². The molecule has 2 unspecified atom stereocenters. The fourth-order valence-electron chi connectivity index (χ4n) is 8.10. The lowest BCUT2D eigenvalue weighted by molar-refractivity contribution is -0.305. The molecule has 1 saturated heterocycles. The summed E-state index contributed by atoms with van der Waals surface area (Å²) in [4.78, 5) is 25.3. The highest BCUT2D eigenvalue weighted by atomic mass is 16.7. The Hall–Kier alpha value is -1.82. The lowest BCUT2D eigenvalue weighted by Gasteiger charge is -2.39. The molecule has 0 aliphatic carbocycles. The van der Waals surface area contributed by atoms with Crippen molar-refractivity contribution in [3.8, 4) is 0 Å². The molecule has 364 valence electrons. The summed E-state index contributed by atoms with van der Waals surface area (Å²) in [5.41, 5.74) is 0. The number of esters is 2. The number of aliphatic hydroxyl groups excluding tert-OH is 4. The number of allylic oxidation sites excluding steroid dienone is 3. The van der Waals surface area contributed by atoms with Crippen molar-refractivity contribution in [1.29, 1.82) is 0 Å². The quantitative estimate of drug-likeness (QED) is 0.0201. The highest BCUT2D eigenvalue weighted by Gasteiger charge is 2.44. The maximum atomic E-state index is 12.7. The Labute approximate surface area is 379 Å². The van der Waals surface area contributed by atoms with Crippen molar-refractivity contribution in [2.75, 3.05) is 19.8 Å². The van der Waals surface area contributed by atoms with Gasteiger partial charge in [0, 0.05) is 12.5 Å². The van der Waals surface area contributed by atoms with Crippen LogP contribution in [0.1, 0.15) is 239 Å². The first kappa shape index (κ1) is 58.2. The lowest BCUT2D eigenvalue weighted by Crippen LogP contribution is -2.59. The van der Waals surface area contributed by atoms with Crippen LogP contribution in [0.3, 0.4) is 0 Å². The fourth-order valence-corrected chi connectivity index (χ4v) is 8.10. The van der Waals surface area contributed by atoms with Crippen molar-refractivity contribution >= 4 is 11.9 Å². The molecular weight excluding hydrogens is 785 g/mol. The molecule has 0 bridgehead atoms. The zero-order valence-corrected chi connectivity index (χ0v) is 39.9. The second-order valence-electron chi connectivity index (χ2n) is 18.1.